The van der Waals surface area contributed by atoms with Crippen LogP contribution in [0, 0.1) is 0 Å². The van der Waals surface area contributed by atoms with E-state index >= 15 is 0 Å². The van der Waals surface area contributed by atoms with E-state index in [-0.39, 0.29) is 0 Å². The maximum absolute atomic E-state index is 5.68. The molecule has 0 bridgehead atoms. The van der Waals surface area contributed by atoms with E-state index in [1.165, 1.54) is 18.4 Å². The Kier molecular flexibility index (Phi) is 7.10. The zero-order valence-corrected chi connectivity index (χ0v) is 13.2. The number of rotatable bonds is 9. The van der Waals surface area contributed by atoms with Crippen LogP contribution in [0.2, 0.25) is 0 Å². The number of ether oxygens (including phenoxy) is 2. The van der Waals surface area contributed by atoms with Crippen molar-refractivity contribution >= 4 is 6.08 Å². The second kappa shape index (κ2) is 9.67. The smallest absolute Gasteiger partial charge is 0.119 e. The Morgan fingerprint density at radius 3 is 2.50 bits per heavy atom. The molecular formula is C20H24O2. The highest BCUT2D eigenvalue weighted by Crippen LogP contribution is 2.14. The van der Waals surface area contributed by atoms with Gasteiger partial charge in [-0.2, -0.15) is 0 Å². The van der Waals surface area contributed by atoms with Gasteiger partial charge in [-0.05, 0) is 55.5 Å². The molecular weight excluding hydrogens is 272 g/mol. The molecule has 0 radical (unpaired) electrons. The molecule has 0 aliphatic carbocycles. The third-order valence-corrected chi connectivity index (χ3v) is 3.43. The van der Waals surface area contributed by atoms with Crippen LogP contribution in [0.3, 0.4) is 0 Å². The van der Waals surface area contributed by atoms with Gasteiger partial charge in [-0.1, -0.05) is 42.5 Å². The monoisotopic (exact) mass is 296 g/mol. The first kappa shape index (κ1) is 16.2. The minimum atomic E-state index is 0.795. The van der Waals surface area contributed by atoms with Gasteiger partial charge in [0.2, 0.25) is 0 Å². The minimum Gasteiger partial charge on any atom is -0.497 e. The number of hydrogen-bond acceptors (Lipinski definition) is 2. The van der Waals surface area contributed by atoms with E-state index in [4.69, 9.17) is 9.47 Å². The Morgan fingerprint density at radius 1 is 0.864 bits per heavy atom. The average molecular weight is 296 g/mol. The molecule has 22 heavy (non-hydrogen) atoms. The summed E-state index contributed by atoms with van der Waals surface area (Å²) in [4.78, 5) is 0. The predicted molar refractivity (Wildman–Crippen MR) is 92.4 cm³/mol. The third kappa shape index (κ3) is 6.04. The fourth-order valence-electron chi connectivity index (χ4n) is 2.21. The highest BCUT2D eigenvalue weighted by atomic mass is 16.5. The molecule has 0 aromatic heterocycles. The van der Waals surface area contributed by atoms with Crippen LogP contribution in [0.15, 0.2) is 60.7 Å². The molecule has 0 heterocycles. The van der Waals surface area contributed by atoms with Crippen molar-refractivity contribution in [2.75, 3.05) is 13.7 Å². The number of hydrogen-bond donors (Lipinski definition) is 0. The summed E-state index contributed by atoms with van der Waals surface area (Å²) < 4.78 is 10.9. The molecule has 116 valence electrons. The van der Waals surface area contributed by atoms with Crippen molar-refractivity contribution in [3.8, 4) is 11.5 Å². The number of para-hydroxylation sites is 1. The van der Waals surface area contributed by atoms with Crippen LogP contribution in [0.5, 0.6) is 11.5 Å². The van der Waals surface area contributed by atoms with Crippen molar-refractivity contribution in [1.82, 2.24) is 0 Å². The molecule has 0 aliphatic rings. The van der Waals surface area contributed by atoms with E-state index in [1.54, 1.807) is 7.11 Å². The van der Waals surface area contributed by atoms with Crippen molar-refractivity contribution in [1.29, 1.82) is 0 Å². The summed E-state index contributed by atoms with van der Waals surface area (Å²) in [6.07, 6.45) is 8.97. The zero-order chi connectivity index (χ0) is 15.5. The Labute approximate surface area is 133 Å². The lowest BCUT2D eigenvalue weighted by atomic mass is 10.1. The van der Waals surface area contributed by atoms with Gasteiger partial charge in [0.25, 0.3) is 0 Å². The molecule has 2 nitrogen and oxygen atoms in total. The highest BCUT2D eigenvalue weighted by molar-refractivity contribution is 5.51. The third-order valence-electron chi connectivity index (χ3n) is 3.43. The minimum absolute atomic E-state index is 0.795. The number of benzene rings is 2. The van der Waals surface area contributed by atoms with Crippen LogP contribution in [0.4, 0.5) is 0 Å². The molecule has 0 fully saturated rings. The van der Waals surface area contributed by atoms with Gasteiger partial charge in [0.1, 0.15) is 11.5 Å². The lowest BCUT2D eigenvalue weighted by Crippen LogP contribution is -1.96. The Morgan fingerprint density at radius 2 is 1.68 bits per heavy atom. The van der Waals surface area contributed by atoms with E-state index in [2.05, 4.69) is 18.2 Å². The van der Waals surface area contributed by atoms with Crippen LogP contribution in [-0.4, -0.2) is 13.7 Å². The molecule has 2 heteroatoms. The standard InChI is InChI=1S/C20H24O2/c1-21-20-15-10-12-18(17-20)11-6-3-2-4-9-16-22-19-13-7-5-8-14-19/h5-8,10-15,17H,2-4,9,16H2,1H3. The SMILES string of the molecule is COc1cccc(C=CCCCCCOc2ccccc2)c1. The Hall–Kier alpha value is -2.22. The maximum atomic E-state index is 5.68. The summed E-state index contributed by atoms with van der Waals surface area (Å²) in [6, 6.07) is 18.1. The number of methoxy groups -OCH3 is 1. The van der Waals surface area contributed by atoms with Gasteiger partial charge in [-0.3, -0.25) is 0 Å². The van der Waals surface area contributed by atoms with Crippen LogP contribution in [-0.2, 0) is 0 Å². The van der Waals surface area contributed by atoms with Crippen LogP contribution >= 0.6 is 0 Å². The molecule has 0 amide bonds. The van der Waals surface area contributed by atoms with E-state index in [9.17, 15) is 0 Å². The van der Waals surface area contributed by atoms with Gasteiger partial charge in [-0.15, -0.1) is 0 Å². The first-order valence-corrected chi connectivity index (χ1v) is 7.87. The van der Waals surface area contributed by atoms with Gasteiger partial charge in [0.15, 0.2) is 0 Å². The van der Waals surface area contributed by atoms with Gasteiger partial charge < -0.3 is 9.47 Å². The molecule has 2 aromatic rings. The summed E-state index contributed by atoms with van der Waals surface area (Å²) >= 11 is 0. The van der Waals surface area contributed by atoms with Gasteiger partial charge in [-0.25, -0.2) is 0 Å². The maximum Gasteiger partial charge on any atom is 0.119 e. The van der Waals surface area contributed by atoms with Gasteiger partial charge in [0, 0.05) is 0 Å². The van der Waals surface area contributed by atoms with E-state index in [1.807, 2.05) is 48.5 Å². The average Bonchev–Trinajstić information content (AvgIpc) is 2.58. The van der Waals surface area contributed by atoms with Crippen LogP contribution < -0.4 is 9.47 Å². The molecule has 0 atom stereocenters. The van der Waals surface area contributed by atoms with Crippen LogP contribution in [0.25, 0.3) is 6.08 Å². The lowest BCUT2D eigenvalue weighted by molar-refractivity contribution is 0.305. The summed E-state index contributed by atoms with van der Waals surface area (Å²) in [5.74, 6) is 1.86. The van der Waals surface area contributed by atoms with Gasteiger partial charge >= 0.3 is 0 Å². The molecule has 0 N–H and O–H groups in total. The van der Waals surface area contributed by atoms with E-state index in [0.29, 0.717) is 0 Å². The highest BCUT2D eigenvalue weighted by Gasteiger charge is 1.93. The number of allylic oxidation sites excluding steroid dienone is 1. The predicted octanol–water partition coefficient (Wildman–Crippen LogP) is 5.35. The van der Waals surface area contributed by atoms with E-state index in [0.717, 1.165) is 30.9 Å². The lowest BCUT2D eigenvalue weighted by Gasteiger charge is -2.05. The normalized spacial score (nSPS) is 10.8. The molecule has 0 saturated heterocycles. The van der Waals surface area contributed by atoms with Gasteiger partial charge in [0.05, 0.1) is 13.7 Å². The molecule has 0 unspecified atom stereocenters. The molecule has 2 aromatic carbocycles. The van der Waals surface area contributed by atoms with Crippen molar-refractivity contribution in [2.45, 2.75) is 25.7 Å². The molecule has 2 rings (SSSR count). The second-order valence-corrected chi connectivity index (χ2v) is 5.19. The summed E-state index contributed by atoms with van der Waals surface area (Å²) in [5, 5.41) is 0. The zero-order valence-electron chi connectivity index (χ0n) is 13.2. The largest absolute Gasteiger partial charge is 0.497 e. The quantitative estimate of drug-likeness (QED) is 0.581. The van der Waals surface area contributed by atoms with Crippen molar-refractivity contribution < 1.29 is 9.47 Å². The molecule has 0 aliphatic heterocycles. The van der Waals surface area contributed by atoms with Crippen LogP contribution in [0.1, 0.15) is 31.2 Å². The first-order valence-electron chi connectivity index (χ1n) is 7.87. The Bertz CT molecular complexity index is 561. The fraction of sp³-hybridized carbons (Fsp3) is 0.300. The summed E-state index contributed by atoms with van der Waals surface area (Å²) in [7, 11) is 1.69. The summed E-state index contributed by atoms with van der Waals surface area (Å²) in [5.41, 5.74) is 1.19. The Balaban J connectivity index is 1.56. The molecule has 0 spiro atoms. The first-order chi connectivity index (χ1) is 10.9. The number of unbranched alkanes of at least 4 members (excludes halogenated alkanes) is 3. The molecule has 0 saturated carbocycles. The van der Waals surface area contributed by atoms with E-state index < -0.39 is 0 Å². The second-order valence-electron chi connectivity index (χ2n) is 5.19. The topological polar surface area (TPSA) is 18.5 Å². The van der Waals surface area contributed by atoms with Crippen molar-refractivity contribution in [2.24, 2.45) is 0 Å². The fourth-order valence-corrected chi connectivity index (χ4v) is 2.21. The van der Waals surface area contributed by atoms with Crippen molar-refractivity contribution in [3.63, 3.8) is 0 Å². The summed E-state index contributed by atoms with van der Waals surface area (Å²) in [6.45, 7) is 0.795. The van der Waals surface area contributed by atoms with Crippen molar-refractivity contribution in [3.05, 3.63) is 66.2 Å².